The van der Waals surface area contributed by atoms with Gasteiger partial charge in [0.2, 0.25) is 0 Å². The van der Waals surface area contributed by atoms with Crippen molar-refractivity contribution in [3.05, 3.63) is 32.7 Å². The molecule has 0 aliphatic rings. The molecule has 84 valence electrons. The standard InChI is InChI=1S/C9H6Cl2N2OS2/c10-7-3-5(8(11)16-7)6(14)4-15-9-12-1-2-13-9/h1-3H,4H2,(H,12,13). The van der Waals surface area contributed by atoms with E-state index in [9.17, 15) is 4.79 Å². The Labute approximate surface area is 110 Å². The van der Waals surface area contributed by atoms with Crippen LogP contribution in [0.4, 0.5) is 0 Å². The van der Waals surface area contributed by atoms with Gasteiger partial charge >= 0.3 is 0 Å². The fourth-order valence-corrected chi connectivity index (χ4v) is 3.28. The fraction of sp³-hybridized carbons (Fsp3) is 0.111. The summed E-state index contributed by atoms with van der Waals surface area (Å²) in [4.78, 5) is 18.7. The summed E-state index contributed by atoms with van der Waals surface area (Å²) in [7, 11) is 0. The van der Waals surface area contributed by atoms with Gasteiger partial charge in [-0.25, -0.2) is 4.98 Å². The van der Waals surface area contributed by atoms with Crippen molar-refractivity contribution < 1.29 is 4.79 Å². The highest BCUT2D eigenvalue weighted by atomic mass is 35.5. The molecule has 0 aromatic carbocycles. The molecule has 0 saturated carbocycles. The first kappa shape index (κ1) is 12.0. The summed E-state index contributed by atoms with van der Waals surface area (Å²) in [6, 6.07) is 1.60. The second-order valence-electron chi connectivity index (χ2n) is 2.84. The Morgan fingerprint density at radius 3 is 2.94 bits per heavy atom. The van der Waals surface area contributed by atoms with Gasteiger partial charge in [0, 0.05) is 18.0 Å². The summed E-state index contributed by atoms with van der Waals surface area (Å²) in [5.41, 5.74) is 0.482. The van der Waals surface area contributed by atoms with Gasteiger partial charge in [-0.3, -0.25) is 4.79 Å². The van der Waals surface area contributed by atoms with E-state index in [2.05, 4.69) is 9.97 Å². The van der Waals surface area contributed by atoms with E-state index in [0.29, 0.717) is 25.1 Å². The average molecular weight is 293 g/mol. The number of imidazole rings is 1. The van der Waals surface area contributed by atoms with Gasteiger partial charge < -0.3 is 4.98 Å². The smallest absolute Gasteiger partial charge is 0.175 e. The third-order valence-corrected chi connectivity index (χ3v) is 4.16. The third kappa shape index (κ3) is 2.79. The molecule has 0 spiro atoms. The first-order chi connectivity index (χ1) is 7.66. The first-order valence-corrected chi connectivity index (χ1v) is 6.83. The summed E-state index contributed by atoms with van der Waals surface area (Å²) in [6.45, 7) is 0. The Kier molecular flexibility index (Phi) is 3.91. The maximum absolute atomic E-state index is 11.8. The molecule has 0 amide bonds. The van der Waals surface area contributed by atoms with Gasteiger partial charge in [0.1, 0.15) is 4.34 Å². The highest BCUT2D eigenvalue weighted by Gasteiger charge is 2.14. The van der Waals surface area contributed by atoms with Crippen molar-refractivity contribution >= 4 is 52.1 Å². The minimum Gasteiger partial charge on any atom is -0.340 e. The number of aromatic amines is 1. The largest absolute Gasteiger partial charge is 0.340 e. The second kappa shape index (κ2) is 5.23. The van der Waals surface area contributed by atoms with E-state index in [1.165, 1.54) is 23.1 Å². The van der Waals surface area contributed by atoms with Crippen molar-refractivity contribution in [2.75, 3.05) is 5.75 Å². The van der Waals surface area contributed by atoms with Crippen LogP contribution in [0.1, 0.15) is 10.4 Å². The van der Waals surface area contributed by atoms with Crippen LogP contribution in [0.25, 0.3) is 0 Å². The SMILES string of the molecule is O=C(CSc1ncc[nH]1)c1cc(Cl)sc1Cl. The average Bonchev–Trinajstić information content (AvgIpc) is 2.84. The minimum atomic E-state index is -0.0467. The van der Waals surface area contributed by atoms with E-state index in [0.717, 1.165) is 0 Å². The van der Waals surface area contributed by atoms with Crippen LogP contribution in [-0.4, -0.2) is 21.5 Å². The molecule has 0 atom stereocenters. The van der Waals surface area contributed by atoms with Crippen LogP contribution in [0, 0.1) is 0 Å². The van der Waals surface area contributed by atoms with Gasteiger partial charge in [0.15, 0.2) is 10.9 Å². The van der Waals surface area contributed by atoms with E-state index in [-0.39, 0.29) is 5.78 Å². The van der Waals surface area contributed by atoms with E-state index in [4.69, 9.17) is 23.2 Å². The first-order valence-electron chi connectivity index (χ1n) is 4.27. The Morgan fingerprint density at radius 2 is 2.38 bits per heavy atom. The third-order valence-electron chi connectivity index (χ3n) is 1.77. The molecule has 0 unspecified atom stereocenters. The highest BCUT2D eigenvalue weighted by molar-refractivity contribution is 7.99. The molecule has 2 aromatic heterocycles. The summed E-state index contributed by atoms with van der Waals surface area (Å²) < 4.78 is 0.964. The van der Waals surface area contributed by atoms with Crippen molar-refractivity contribution in [2.45, 2.75) is 5.16 Å². The van der Waals surface area contributed by atoms with Crippen LogP contribution in [0.5, 0.6) is 0 Å². The molecule has 7 heteroatoms. The minimum absolute atomic E-state index is 0.0467. The van der Waals surface area contributed by atoms with Crippen molar-refractivity contribution in [3.63, 3.8) is 0 Å². The molecule has 2 heterocycles. The van der Waals surface area contributed by atoms with Gasteiger partial charge in [-0.2, -0.15) is 0 Å². The lowest BCUT2D eigenvalue weighted by Gasteiger charge is -1.96. The molecule has 3 nitrogen and oxygen atoms in total. The molecule has 2 aromatic rings. The number of thioether (sulfide) groups is 1. The van der Waals surface area contributed by atoms with Gasteiger partial charge in [0.05, 0.1) is 10.1 Å². The number of hydrogen-bond acceptors (Lipinski definition) is 4. The number of rotatable bonds is 4. The number of thiophene rings is 1. The molecular formula is C9H6Cl2N2OS2. The van der Waals surface area contributed by atoms with Gasteiger partial charge in [0.25, 0.3) is 0 Å². The van der Waals surface area contributed by atoms with E-state index >= 15 is 0 Å². The maximum atomic E-state index is 11.8. The highest BCUT2D eigenvalue weighted by Crippen LogP contribution is 2.32. The zero-order valence-electron chi connectivity index (χ0n) is 7.87. The summed E-state index contributed by atoms with van der Waals surface area (Å²) in [5, 5.41) is 0.714. The molecule has 0 aliphatic carbocycles. The lowest BCUT2D eigenvalue weighted by atomic mass is 10.2. The zero-order valence-corrected chi connectivity index (χ0v) is 11.0. The summed E-state index contributed by atoms with van der Waals surface area (Å²) >= 11 is 14.2. The number of carbonyl (C=O) groups excluding carboxylic acids is 1. The lowest BCUT2D eigenvalue weighted by molar-refractivity contribution is 0.102. The van der Waals surface area contributed by atoms with Crippen LogP contribution >= 0.6 is 46.3 Å². The molecule has 0 fully saturated rings. The number of carbonyl (C=O) groups is 1. The molecule has 2 rings (SSSR count). The number of hydrogen-bond donors (Lipinski definition) is 1. The number of ketones is 1. The van der Waals surface area contributed by atoms with Crippen LogP contribution in [0.2, 0.25) is 8.67 Å². The predicted octanol–water partition coefficient (Wildman–Crippen LogP) is 3.75. The Hall–Kier alpha value is -0.490. The van der Waals surface area contributed by atoms with Gasteiger partial charge in [-0.15, -0.1) is 11.3 Å². The van der Waals surface area contributed by atoms with Crippen LogP contribution < -0.4 is 0 Å². The van der Waals surface area contributed by atoms with Crippen molar-refractivity contribution in [2.24, 2.45) is 0 Å². The quantitative estimate of drug-likeness (QED) is 0.689. The topological polar surface area (TPSA) is 45.8 Å². The molecule has 0 radical (unpaired) electrons. The Balaban J connectivity index is 2.01. The van der Waals surface area contributed by atoms with Crippen molar-refractivity contribution in [1.82, 2.24) is 9.97 Å². The van der Waals surface area contributed by atoms with Crippen LogP contribution in [0.15, 0.2) is 23.6 Å². The zero-order chi connectivity index (χ0) is 11.5. The molecular weight excluding hydrogens is 287 g/mol. The number of Topliss-reactive ketones (excluding diaryl/α,β-unsaturated/α-hetero) is 1. The van der Waals surface area contributed by atoms with Crippen molar-refractivity contribution in [3.8, 4) is 0 Å². The monoisotopic (exact) mass is 292 g/mol. The molecule has 16 heavy (non-hydrogen) atoms. The number of aromatic nitrogens is 2. The normalized spacial score (nSPS) is 10.6. The maximum Gasteiger partial charge on any atom is 0.175 e. The van der Waals surface area contributed by atoms with E-state index in [1.54, 1.807) is 18.5 Å². The predicted molar refractivity (Wildman–Crippen MR) is 68.0 cm³/mol. The Bertz CT molecular complexity index is 496. The van der Waals surface area contributed by atoms with Crippen LogP contribution in [0.3, 0.4) is 0 Å². The number of nitrogens with zero attached hydrogens (tertiary/aromatic N) is 1. The van der Waals surface area contributed by atoms with Crippen molar-refractivity contribution in [1.29, 1.82) is 0 Å². The summed E-state index contributed by atoms with van der Waals surface area (Å²) in [5.74, 6) is 0.245. The van der Waals surface area contributed by atoms with Crippen LogP contribution in [-0.2, 0) is 0 Å². The molecule has 0 saturated heterocycles. The Morgan fingerprint density at radius 1 is 1.56 bits per heavy atom. The molecule has 1 N–H and O–H groups in total. The number of H-pyrrole nitrogens is 1. The van der Waals surface area contributed by atoms with E-state index in [1.807, 2.05) is 0 Å². The van der Waals surface area contributed by atoms with Gasteiger partial charge in [-0.05, 0) is 6.07 Å². The molecule has 0 bridgehead atoms. The fourth-order valence-electron chi connectivity index (χ4n) is 1.07. The number of nitrogens with one attached hydrogen (secondary N) is 1. The second-order valence-corrected chi connectivity index (χ2v) is 6.09. The number of halogens is 2. The summed E-state index contributed by atoms with van der Waals surface area (Å²) in [6.07, 6.45) is 3.35. The molecule has 0 aliphatic heterocycles. The van der Waals surface area contributed by atoms with E-state index < -0.39 is 0 Å². The lowest BCUT2D eigenvalue weighted by Crippen LogP contribution is -2.01. The van der Waals surface area contributed by atoms with Gasteiger partial charge in [-0.1, -0.05) is 35.0 Å².